The van der Waals surface area contributed by atoms with Crippen molar-refractivity contribution in [3.05, 3.63) is 29.6 Å². The summed E-state index contributed by atoms with van der Waals surface area (Å²) in [5.74, 6) is -0.813. The highest BCUT2D eigenvalue weighted by atomic mass is 19.1. The number of ether oxygens (including phenoxy) is 1. The molecule has 1 aromatic rings. The topological polar surface area (TPSA) is 67.6 Å². The molecule has 1 unspecified atom stereocenters. The molecule has 3 N–H and O–H groups in total. The molecule has 6 heteroatoms. The van der Waals surface area contributed by atoms with Crippen molar-refractivity contribution >= 4 is 11.6 Å². The number of nitrogens with zero attached hydrogens (tertiary/aromatic N) is 1. The number of hydrogen-bond donors (Lipinski definition) is 2. The lowest BCUT2D eigenvalue weighted by Gasteiger charge is -2.35. The Morgan fingerprint density at radius 2 is 2.29 bits per heavy atom. The fraction of sp³-hybridized carbons (Fsp3) is 0.533. The molecule has 1 aromatic carbocycles. The molecule has 2 fully saturated rings. The fourth-order valence-electron chi connectivity index (χ4n) is 2.57. The first-order valence-corrected chi connectivity index (χ1v) is 7.30. The maximum absolute atomic E-state index is 14.3. The van der Waals surface area contributed by atoms with Crippen LogP contribution in [0.4, 0.5) is 10.1 Å². The van der Waals surface area contributed by atoms with Gasteiger partial charge in [-0.15, -0.1) is 0 Å². The Bertz CT molecular complexity index is 534. The molecule has 3 rings (SSSR count). The van der Waals surface area contributed by atoms with Crippen molar-refractivity contribution in [1.29, 1.82) is 0 Å². The molecule has 0 radical (unpaired) electrons. The van der Waals surface area contributed by atoms with E-state index in [4.69, 9.17) is 10.5 Å². The van der Waals surface area contributed by atoms with Gasteiger partial charge in [-0.3, -0.25) is 4.79 Å². The summed E-state index contributed by atoms with van der Waals surface area (Å²) < 4.78 is 19.6. The van der Waals surface area contributed by atoms with E-state index in [-0.39, 0.29) is 12.4 Å². The third-order valence-corrected chi connectivity index (χ3v) is 3.95. The Labute approximate surface area is 123 Å². The molecule has 0 aromatic heterocycles. The molecule has 1 saturated heterocycles. The zero-order valence-corrected chi connectivity index (χ0v) is 11.8. The second kappa shape index (κ2) is 5.99. The van der Waals surface area contributed by atoms with Gasteiger partial charge >= 0.3 is 0 Å². The zero-order chi connectivity index (χ0) is 14.8. The molecule has 21 heavy (non-hydrogen) atoms. The minimum Gasteiger partial charge on any atom is -0.377 e. The summed E-state index contributed by atoms with van der Waals surface area (Å²) in [5, 5.41) is 3.35. The van der Waals surface area contributed by atoms with Crippen molar-refractivity contribution in [3.8, 4) is 0 Å². The Hall–Kier alpha value is -1.66. The molecular formula is C15H20FN3O2. The van der Waals surface area contributed by atoms with Crippen LogP contribution in [0.25, 0.3) is 0 Å². The minimum atomic E-state index is -0.608. The van der Waals surface area contributed by atoms with E-state index in [1.807, 2.05) is 6.07 Å². The summed E-state index contributed by atoms with van der Waals surface area (Å²) in [7, 11) is 0. The number of nitrogens with two attached hydrogens (primary N) is 1. The lowest BCUT2D eigenvalue weighted by molar-refractivity contribution is -0.121. The Morgan fingerprint density at radius 3 is 2.95 bits per heavy atom. The Morgan fingerprint density at radius 1 is 1.48 bits per heavy atom. The van der Waals surface area contributed by atoms with Crippen LogP contribution in [0.15, 0.2) is 18.2 Å². The van der Waals surface area contributed by atoms with E-state index >= 15 is 0 Å². The second-order valence-electron chi connectivity index (χ2n) is 5.63. The van der Waals surface area contributed by atoms with Gasteiger partial charge < -0.3 is 20.7 Å². The van der Waals surface area contributed by atoms with Crippen LogP contribution in [0.5, 0.6) is 0 Å². The molecular weight excluding hydrogens is 273 g/mol. The first kappa shape index (κ1) is 14.3. The first-order valence-electron chi connectivity index (χ1n) is 7.30. The van der Waals surface area contributed by atoms with Gasteiger partial charge in [0.05, 0.1) is 18.9 Å². The van der Waals surface area contributed by atoms with Crippen molar-refractivity contribution in [2.75, 3.05) is 24.7 Å². The molecule has 1 aliphatic heterocycles. The number of anilines is 1. The SMILES string of the molecule is NC(=O)C1COCCN1c1ccc(CNC2CC2)cc1F. The molecule has 1 heterocycles. The molecule has 1 aliphatic carbocycles. The van der Waals surface area contributed by atoms with E-state index in [0.29, 0.717) is 31.4 Å². The number of halogens is 1. The van der Waals surface area contributed by atoms with E-state index < -0.39 is 11.9 Å². The number of rotatable bonds is 5. The summed E-state index contributed by atoms with van der Waals surface area (Å²) in [6.07, 6.45) is 2.41. The standard InChI is InChI=1S/C15H20FN3O2/c16-12-7-10(8-18-11-2-3-11)1-4-13(12)19-5-6-21-9-14(19)15(17)20/h1,4,7,11,14,18H,2-3,5-6,8-9H2,(H2,17,20). The monoisotopic (exact) mass is 293 g/mol. The van der Waals surface area contributed by atoms with Gasteiger partial charge in [0, 0.05) is 19.1 Å². The van der Waals surface area contributed by atoms with E-state index in [1.54, 1.807) is 11.0 Å². The molecule has 2 aliphatic rings. The summed E-state index contributed by atoms with van der Waals surface area (Å²) in [4.78, 5) is 13.2. The van der Waals surface area contributed by atoms with Gasteiger partial charge in [-0.1, -0.05) is 6.07 Å². The van der Waals surface area contributed by atoms with Crippen molar-refractivity contribution in [3.63, 3.8) is 0 Å². The number of carbonyl (C=O) groups excluding carboxylic acids is 1. The highest BCUT2D eigenvalue weighted by Crippen LogP contribution is 2.25. The maximum Gasteiger partial charge on any atom is 0.242 e. The average Bonchev–Trinajstić information content (AvgIpc) is 3.29. The van der Waals surface area contributed by atoms with Crippen LogP contribution in [0.2, 0.25) is 0 Å². The van der Waals surface area contributed by atoms with Crippen molar-refractivity contribution in [1.82, 2.24) is 5.32 Å². The Kier molecular flexibility index (Phi) is 4.07. The largest absolute Gasteiger partial charge is 0.377 e. The van der Waals surface area contributed by atoms with Crippen LogP contribution in [0.3, 0.4) is 0 Å². The summed E-state index contributed by atoms with van der Waals surface area (Å²) in [6.45, 7) is 1.81. The quantitative estimate of drug-likeness (QED) is 0.841. The van der Waals surface area contributed by atoms with Crippen LogP contribution in [0.1, 0.15) is 18.4 Å². The highest BCUT2D eigenvalue weighted by molar-refractivity contribution is 5.84. The molecule has 0 bridgehead atoms. The molecule has 1 amide bonds. The number of amides is 1. The number of carbonyl (C=O) groups is 1. The van der Waals surface area contributed by atoms with Gasteiger partial charge in [0.15, 0.2) is 0 Å². The molecule has 5 nitrogen and oxygen atoms in total. The molecule has 1 saturated carbocycles. The summed E-state index contributed by atoms with van der Waals surface area (Å²) in [5.41, 5.74) is 6.69. The number of primary amides is 1. The maximum atomic E-state index is 14.3. The Balaban J connectivity index is 1.75. The number of benzene rings is 1. The predicted octanol–water partition coefficient (Wildman–Crippen LogP) is 0.768. The third-order valence-electron chi connectivity index (χ3n) is 3.95. The van der Waals surface area contributed by atoms with Crippen LogP contribution < -0.4 is 16.0 Å². The van der Waals surface area contributed by atoms with E-state index in [0.717, 1.165) is 5.56 Å². The van der Waals surface area contributed by atoms with E-state index in [9.17, 15) is 9.18 Å². The highest BCUT2D eigenvalue weighted by Gasteiger charge is 2.29. The first-order chi connectivity index (χ1) is 10.1. The number of morpholine rings is 1. The number of nitrogens with one attached hydrogen (secondary N) is 1. The van der Waals surface area contributed by atoms with Gasteiger partial charge in [-0.2, -0.15) is 0 Å². The van der Waals surface area contributed by atoms with Gasteiger partial charge in [0.1, 0.15) is 11.9 Å². The van der Waals surface area contributed by atoms with Gasteiger partial charge in [0.2, 0.25) is 5.91 Å². The van der Waals surface area contributed by atoms with Crippen LogP contribution >= 0.6 is 0 Å². The number of hydrogen-bond acceptors (Lipinski definition) is 4. The van der Waals surface area contributed by atoms with Crippen molar-refractivity contribution in [2.24, 2.45) is 5.73 Å². The van der Waals surface area contributed by atoms with Crippen molar-refractivity contribution < 1.29 is 13.9 Å². The molecule has 1 atom stereocenters. The summed E-state index contributed by atoms with van der Waals surface area (Å²) in [6, 6.07) is 5.12. The lowest BCUT2D eigenvalue weighted by atomic mass is 10.1. The van der Waals surface area contributed by atoms with Crippen LogP contribution in [-0.2, 0) is 16.1 Å². The van der Waals surface area contributed by atoms with Crippen LogP contribution in [0, 0.1) is 5.82 Å². The van der Waals surface area contributed by atoms with E-state index in [1.165, 1.54) is 18.9 Å². The van der Waals surface area contributed by atoms with Gasteiger partial charge in [0.25, 0.3) is 0 Å². The van der Waals surface area contributed by atoms with E-state index in [2.05, 4.69) is 5.32 Å². The average molecular weight is 293 g/mol. The van der Waals surface area contributed by atoms with Crippen molar-refractivity contribution in [2.45, 2.75) is 31.5 Å². The smallest absolute Gasteiger partial charge is 0.242 e. The second-order valence-corrected chi connectivity index (χ2v) is 5.63. The van der Waals surface area contributed by atoms with Crippen LogP contribution in [-0.4, -0.2) is 37.7 Å². The van der Waals surface area contributed by atoms with Gasteiger partial charge in [-0.05, 0) is 30.5 Å². The predicted molar refractivity (Wildman–Crippen MR) is 77.4 cm³/mol. The third kappa shape index (κ3) is 3.33. The zero-order valence-electron chi connectivity index (χ0n) is 11.8. The minimum absolute atomic E-state index is 0.208. The fourth-order valence-corrected chi connectivity index (χ4v) is 2.57. The molecule has 114 valence electrons. The van der Waals surface area contributed by atoms with Gasteiger partial charge in [-0.25, -0.2) is 4.39 Å². The lowest BCUT2D eigenvalue weighted by Crippen LogP contribution is -2.53. The molecule has 0 spiro atoms. The summed E-state index contributed by atoms with van der Waals surface area (Å²) >= 11 is 0. The normalized spacial score (nSPS) is 22.3.